The molecule has 5 atom stereocenters. The van der Waals surface area contributed by atoms with Gasteiger partial charge in [0.05, 0.1) is 12.1 Å². The van der Waals surface area contributed by atoms with E-state index in [9.17, 15) is 24.6 Å². The number of carbonyl (C=O) groups is 3. The fraction of sp³-hybridized carbons (Fsp3) is 0.722. The topological polar surface area (TPSA) is 116 Å². The van der Waals surface area contributed by atoms with E-state index in [4.69, 9.17) is 4.74 Å². The molecule has 1 heterocycles. The van der Waals surface area contributed by atoms with Crippen molar-refractivity contribution in [3.8, 4) is 0 Å². The van der Waals surface area contributed by atoms with E-state index in [2.05, 4.69) is 11.9 Å². The molecule has 2 fully saturated rings. The summed E-state index contributed by atoms with van der Waals surface area (Å²) in [6, 6.07) is -1.06. The van der Waals surface area contributed by atoms with Crippen LogP contribution >= 0.6 is 0 Å². The molecule has 0 aromatic heterocycles. The monoisotopic (exact) mass is 368 g/mol. The maximum atomic E-state index is 13.0. The summed E-state index contributed by atoms with van der Waals surface area (Å²) in [6.07, 6.45) is -0.455. The molecule has 146 valence electrons. The van der Waals surface area contributed by atoms with E-state index in [-0.39, 0.29) is 25.5 Å². The van der Waals surface area contributed by atoms with E-state index < -0.39 is 45.7 Å². The molecule has 0 aromatic rings. The van der Waals surface area contributed by atoms with Crippen molar-refractivity contribution in [2.75, 3.05) is 13.2 Å². The second-order valence-corrected chi connectivity index (χ2v) is 8.12. The van der Waals surface area contributed by atoms with E-state index in [1.807, 2.05) is 0 Å². The van der Waals surface area contributed by atoms with E-state index >= 15 is 0 Å². The highest BCUT2D eigenvalue weighted by molar-refractivity contribution is 5.93. The van der Waals surface area contributed by atoms with Gasteiger partial charge in [-0.25, -0.2) is 4.79 Å². The van der Waals surface area contributed by atoms with Crippen molar-refractivity contribution in [2.24, 2.45) is 5.92 Å². The highest BCUT2D eigenvalue weighted by Crippen LogP contribution is 2.46. The summed E-state index contributed by atoms with van der Waals surface area (Å²) < 4.78 is 4.37. The summed E-state index contributed by atoms with van der Waals surface area (Å²) in [5.74, 6) is -1.42. The van der Waals surface area contributed by atoms with Gasteiger partial charge in [-0.15, -0.1) is 6.58 Å². The van der Waals surface area contributed by atoms with Crippen LogP contribution in [0, 0.1) is 5.92 Å². The third kappa shape index (κ3) is 3.01. The second kappa shape index (κ2) is 6.66. The molecule has 2 amide bonds. The minimum atomic E-state index is -1.42. The molecule has 2 aliphatic rings. The van der Waals surface area contributed by atoms with Gasteiger partial charge < -0.3 is 25.1 Å². The van der Waals surface area contributed by atoms with Gasteiger partial charge >= 0.3 is 5.97 Å². The Balaban J connectivity index is 2.33. The van der Waals surface area contributed by atoms with E-state index in [1.54, 1.807) is 33.8 Å². The Labute approximate surface area is 153 Å². The van der Waals surface area contributed by atoms with Crippen molar-refractivity contribution in [1.82, 2.24) is 5.32 Å². The number of aliphatic hydroxyl groups is 1. The first-order valence-electron chi connectivity index (χ1n) is 8.85. The number of nitrogens with zero attached hydrogens (tertiary/aromatic N) is 1. The predicted octanol–water partition coefficient (Wildman–Crippen LogP) is -0.298. The number of hydrogen-bond acceptors (Lipinski definition) is 6. The van der Waals surface area contributed by atoms with Crippen LogP contribution in [0.1, 0.15) is 40.5 Å². The molecule has 1 aliphatic carbocycles. The van der Waals surface area contributed by atoms with Gasteiger partial charge in [0.15, 0.2) is 6.04 Å². The van der Waals surface area contributed by atoms with Crippen LogP contribution in [0.3, 0.4) is 0 Å². The molecule has 0 aromatic carbocycles. The number of aliphatic hydroxyl groups excluding tert-OH is 1. The van der Waals surface area contributed by atoms with Crippen molar-refractivity contribution in [1.29, 1.82) is 0 Å². The second-order valence-electron chi connectivity index (χ2n) is 8.12. The lowest BCUT2D eigenvalue weighted by molar-refractivity contribution is -0.923. The number of hydrogen-bond donors (Lipinski definition) is 2. The van der Waals surface area contributed by atoms with Crippen molar-refractivity contribution in [3.63, 3.8) is 0 Å². The average molecular weight is 368 g/mol. The van der Waals surface area contributed by atoms with Crippen molar-refractivity contribution < 1.29 is 33.8 Å². The van der Waals surface area contributed by atoms with Gasteiger partial charge in [0.1, 0.15) is 18.2 Å². The van der Waals surface area contributed by atoms with Crippen molar-refractivity contribution >= 4 is 18.0 Å². The molecule has 2 rings (SSSR count). The third-order valence-corrected chi connectivity index (χ3v) is 5.64. The minimum absolute atomic E-state index is 0.0191. The number of carboxylic acid groups (broad SMARTS) is 1. The number of nitrogens with one attached hydrogen (secondary N) is 1. The van der Waals surface area contributed by atoms with Gasteiger partial charge in [-0.2, -0.15) is 0 Å². The van der Waals surface area contributed by atoms with Crippen LogP contribution in [-0.2, 0) is 14.3 Å². The van der Waals surface area contributed by atoms with Crippen LogP contribution in [0.25, 0.3) is 0 Å². The smallest absolute Gasteiger partial charge is 0.332 e. The first kappa shape index (κ1) is 20.4. The van der Waals surface area contributed by atoms with E-state index in [1.165, 1.54) is 0 Å². The number of ether oxygens (including phenoxy) is 1. The molecule has 26 heavy (non-hydrogen) atoms. The standard InChI is InChI=1S/C18H28N2O6/c1-6-11-9-18(11,15(23)26-7-2)19-14(22)13-8-12(21)10-20(13,16(24)25)17(3,4)5/h6,11-13,21H,1,7-10H2,2-5H3,(H-,19,22,24,25)/t11-,12+,13+,18-,20?/m1/s1. The normalized spacial score (nSPS) is 36.3. The number of likely N-dealkylation sites (tertiary alicyclic amines) is 1. The van der Waals surface area contributed by atoms with Gasteiger partial charge in [-0.3, -0.25) is 9.28 Å². The van der Waals surface area contributed by atoms with Crippen molar-refractivity contribution in [3.05, 3.63) is 12.7 Å². The number of amides is 2. The number of quaternary nitrogens is 1. The third-order valence-electron chi connectivity index (χ3n) is 5.64. The lowest BCUT2D eigenvalue weighted by atomic mass is 9.99. The van der Waals surface area contributed by atoms with Crippen LogP contribution < -0.4 is 10.4 Å². The number of carbonyl (C=O) groups excluding carboxylic acids is 3. The summed E-state index contributed by atoms with van der Waals surface area (Å²) in [5, 5.41) is 24.8. The Morgan fingerprint density at radius 3 is 2.46 bits per heavy atom. The first-order chi connectivity index (χ1) is 12.0. The first-order valence-corrected chi connectivity index (χ1v) is 8.85. The van der Waals surface area contributed by atoms with Crippen LogP contribution in [-0.4, -0.2) is 63.9 Å². The predicted molar refractivity (Wildman–Crippen MR) is 90.5 cm³/mol. The zero-order valence-electron chi connectivity index (χ0n) is 15.8. The summed E-state index contributed by atoms with van der Waals surface area (Å²) in [6.45, 7) is 10.4. The fourth-order valence-corrected chi connectivity index (χ4v) is 4.06. The van der Waals surface area contributed by atoms with Gasteiger partial charge in [0, 0.05) is 12.3 Å². The minimum Gasteiger partial charge on any atom is -0.498 e. The Bertz CT molecular complexity index is 628. The molecule has 1 saturated heterocycles. The molecule has 1 saturated carbocycles. The van der Waals surface area contributed by atoms with Gasteiger partial charge in [0.25, 0.3) is 12.0 Å². The molecular formula is C18H28N2O6. The number of esters is 1. The summed E-state index contributed by atoms with van der Waals surface area (Å²) in [7, 11) is 0. The van der Waals surface area contributed by atoms with Crippen molar-refractivity contribution in [2.45, 2.75) is 63.8 Å². The molecule has 2 N–H and O–H groups in total. The average Bonchev–Trinajstić information content (AvgIpc) is 3.10. The molecule has 8 heteroatoms. The molecule has 0 bridgehead atoms. The molecule has 1 aliphatic heterocycles. The molecule has 0 spiro atoms. The van der Waals surface area contributed by atoms with Crippen LogP contribution in [0.2, 0.25) is 0 Å². The number of rotatable bonds is 5. The van der Waals surface area contributed by atoms with Crippen LogP contribution in [0.4, 0.5) is 4.79 Å². The van der Waals surface area contributed by atoms with Gasteiger partial charge in [-0.05, 0) is 34.1 Å². The van der Waals surface area contributed by atoms with E-state index in [0.29, 0.717) is 6.42 Å². The lowest BCUT2D eigenvalue weighted by Gasteiger charge is -2.48. The maximum Gasteiger partial charge on any atom is 0.332 e. The summed E-state index contributed by atoms with van der Waals surface area (Å²) >= 11 is 0. The highest BCUT2D eigenvalue weighted by Gasteiger charge is 2.64. The quantitative estimate of drug-likeness (QED) is 0.391. The largest absolute Gasteiger partial charge is 0.498 e. The Hall–Kier alpha value is -1.93. The molecular weight excluding hydrogens is 340 g/mol. The fourth-order valence-electron chi connectivity index (χ4n) is 4.06. The van der Waals surface area contributed by atoms with E-state index in [0.717, 1.165) is 0 Å². The van der Waals surface area contributed by atoms with Crippen LogP contribution in [0.15, 0.2) is 12.7 Å². The summed E-state index contributed by atoms with van der Waals surface area (Å²) in [4.78, 5) is 37.4. The summed E-state index contributed by atoms with van der Waals surface area (Å²) in [5.41, 5.74) is -2.08. The lowest BCUT2D eigenvalue weighted by Crippen LogP contribution is -2.73. The van der Waals surface area contributed by atoms with Crippen LogP contribution in [0.5, 0.6) is 0 Å². The maximum absolute atomic E-state index is 13.0. The Morgan fingerprint density at radius 2 is 2.04 bits per heavy atom. The molecule has 1 unspecified atom stereocenters. The zero-order valence-corrected chi connectivity index (χ0v) is 15.8. The Kier molecular flexibility index (Phi) is 5.22. The van der Waals surface area contributed by atoms with Gasteiger partial charge in [-0.1, -0.05) is 6.08 Å². The Morgan fingerprint density at radius 1 is 1.42 bits per heavy atom. The molecule has 0 radical (unpaired) electrons. The zero-order chi connectivity index (χ0) is 19.9. The molecule has 8 nitrogen and oxygen atoms in total. The SMILES string of the molecule is C=C[C@@H]1C[C@]1(NC(=O)[C@@H]1C[C@H](O)C[N+]1(C(=O)[O-])C(C)(C)C)C(=O)OCC. The van der Waals surface area contributed by atoms with Gasteiger partial charge in [0.2, 0.25) is 0 Å². The highest BCUT2D eigenvalue weighted by atomic mass is 16.5.